The molecule has 0 aliphatic rings. The van der Waals surface area contributed by atoms with E-state index in [-0.39, 0.29) is 21.6 Å². The number of hydrogen-bond donors (Lipinski definition) is 2. The first kappa shape index (κ1) is 26.4. The first-order valence-corrected chi connectivity index (χ1v) is 12.0. The summed E-state index contributed by atoms with van der Waals surface area (Å²) in [4.78, 5) is 16.3. The van der Waals surface area contributed by atoms with Crippen LogP contribution in [-0.2, 0) is 22.0 Å². The summed E-state index contributed by atoms with van der Waals surface area (Å²) in [5, 5.41) is 0. The number of rotatable bonds is 6. The highest BCUT2D eigenvalue weighted by Crippen LogP contribution is 2.15. The number of nitrogens with zero attached hydrogens (tertiary/aromatic N) is 4. The van der Waals surface area contributed by atoms with Crippen molar-refractivity contribution in [3.8, 4) is 0 Å². The SMILES string of the molecule is C[C@@H](N[S@@](=O)C(C)(C)C)c1cnccn1.C[C@H](N[S@@](=O)C(C)(C)C)c1cnccn1. The lowest BCUT2D eigenvalue weighted by Crippen LogP contribution is -2.35. The van der Waals surface area contributed by atoms with Crippen LogP contribution in [0.2, 0.25) is 0 Å². The van der Waals surface area contributed by atoms with Gasteiger partial charge < -0.3 is 0 Å². The van der Waals surface area contributed by atoms with Crippen LogP contribution in [0.3, 0.4) is 0 Å². The monoisotopic (exact) mass is 454 g/mol. The van der Waals surface area contributed by atoms with Crippen LogP contribution in [0.25, 0.3) is 0 Å². The Morgan fingerprint density at radius 3 is 1.27 bits per heavy atom. The smallest absolute Gasteiger partial charge is 0.0976 e. The molecular weight excluding hydrogens is 420 g/mol. The third-order valence-corrected chi connectivity index (χ3v) is 7.09. The minimum Gasteiger partial charge on any atom is -0.261 e. The molecule has 4 atom stereocenters. The quantitative estimate of drug-likeness (QED) is 0.694. The molecular formula is C20H34N6O2S2. The van der Waals surface area contributed by atoms with E-state index in [1.807, 2.05) is 55.4 Å². The van der Waals surface area contributed by atoms with Gasteiger partial charge in [0.1, 0.15) is 0 Å². The molecule has 0 saturated heterocycles. The molecule has 8 nitrogen and oxygen atoms in total. The Morgan fingerprint density at radius 2 is 1.03 bits per heavy atom. The predicted molar refractivity (Wildman–Crippen MR) is 123 cm³/mol. The molecule has 0 fully saturated rings. The maximum Gasteiger partial charge on any atom is 0.0976 e. The Hall–Kier alpha value is -1.62. The molecule has 2 aromatic rings. The van der Waals surface area contributed by atoms with Gasteiger partial charge >= 0.3 is 0 Å². The molecule has 0 unspecified atom stereocenters. The van der Waals surface area contributed by atoms with Crippen LogP contribution in [0.4, 0.5) is 0 Å². The van der Waals surface area contributed by atoms with Crippen LogP contribution in [0.5, 0.6) is 0 Å². The van der Waals surface area contributed by atoms with Crippen molar-refractivity contribution in [2.24, 2.45) is 0 Å². The molecule has 0 aromatic carbocycles. The van der Waals surface area contributed by atoms with Gasteiger partial charge in [-0.15, -0.1) is 0 Å². The lowest BCUT2D eigenvalue weighted by atomic mass is 10.3. The Labute approximate surface area is 185 Å². The summed E-state index contributed by atoms with van der Waals surface area (Å²) in [6.45, 7) is 15.4. The van der Waals surface area contributed by atoms with Crippen molar-refractivity contribution in [1.29, 1.82) is 0 Å². The van der Waals surface area contributed by atoms with Gasteiger partial charge in [0.15, 0.2) is 0 Å². The van der Waals surface area contributed by atoms with Crippen LogP contribution in [0.1, 0.15) is 78.9 Å². The van der Waals surface area contributed by atoms with E-state index in [0.717, 1.165) is 11.4 Å². The van der Waals surface area contributed by atoms with E-state index >= 15 is 0 Å². The van der Waals surface area contributed by atoms with Gasteiger partial charge in [-0.1, -0.05) is 0 Å². The van der Waals surface area contributed by atoms with Gasteiger partial charge in [-0.05, 0) is 55.4 Å². The highest BCUT2D eigenvalue weighted by Gasteiger charge is 2.22. The van der Waals surface area contributed by atoms with Crippen LogP contribution in [0.15, 0.2) is 37.2 Å². The van der Waals surface area contributed by atoms with Crippen molar-refractivity contribution in [1.82, 2.24) is 29.4 Å². The van der Waals surface area contributed by atoms with Crippen molar-refractivity contribution in [3.05, 3.63) is 48.6 Å². The summed E-state index contributed by atoms with van der Waals surface area (Å²) in [6, 6.07) is -0.113. The van der Waals surface area contributed by atoms with Crippen LogP contribution in [0, 0.1) is 0 Å². The first-order chi connectivity index (χ1) is 13.8. The molecule has 0 aliphatic heterocycles. The zero-order chi connectivity index (χ0) is 22.9. The fourth-order valence-electron chi connectivity index (χ4n) is 1.86. The van der Waals surface area contributed by atoms with E-state index in [9.17, 15) is 8.42 Å². The van der Waals surface area contributed by atoms with Crippen molar-refractivity contribution in [2.75, 3.05) is 0 Å². The Morgan fingerprint density at radius 1 is 0.700 bits per heavy atom. The van der Waals surface area contributed by atoms with Crippen molar-refractivity contribution < 1.29 is 8.42 Å². The van der Waals surface area contributed by atoms with E-state index in [0.29, 0.717) is 0 Å². The Balaban J connectivity index is 0.000000300. The second kappa shape index (κ2) is 11.7. The largest absolute Gasteiger partial charge is 0.261 e. The summed E-state index contributed by atoms with van der Waals surface area (Å²) < 4.78 is 29.1. The molecule has 2 N–H and O–H groups in total. The van der Waals surface area contributed by atoms with Gasteiger partial charge in [0.25, 0.3) is 0 Å². The fourth-order valence-corrected chi connectivity index (χ4v) is 3.45. The van der Waals surface area contributed by atoms with Crippen molar-refractivity contribution in [2.45, 2.75) is 77.0 Å². The van der Waals surface area contributed by atoms with E-state index in [1.165, 1.54) is 0 Å². The zero-order valence-electron chi connectivity index (χ0n) is 19.0. The van der Waals surface area contributed by atoms with E-state index in [4.69, 9.17) is 0 Å². The fraction of sp³-hybridized carbons (Fsp3) is 0.600. The topological polar surface area (TPSA) is 110 Å². The van der Waals surface area contributed by atoms with E-state index < -0.39 is 22.0 Å². The molecule has 0 spiro atoms. The third kappa shape index (κ3) is 9.46. The standard InChI is InChI=1S/2C10H17N3OS/c2*1-8(9-7-11-5-6-12-9)13-15(14)10(2,3)4/h2*5-8,13H,1-4H3/t8-,15+;8-,15-/m10/s1. The molecule has 0 saturated carbocycles. The Bertz CT molecular complexity index is 738. The maximum atomic E-state index is 11.8. The molecule has 0 amide bonds. The molecule has 0 bridgehead atoms. The third-order valence-electron chi connectivity index (χ3n) is 3.73. The summed E-state index contributed by atoms with van der Waals surface area (Å²) in [5.41, 5.74) is 1.60. The number of hydrogen-bond acceptors (Lipinski definition) is 6. The van der Waals surface area contributed by atoms with E-state index in [2.05, 4.69) is 29.4 Å². The average molecular weight is 455 g/mol. The first-order valence-electron chi connectivity index (χ1n) is 9.70. The van der Waals surface area contributed by atoms with Crippen LogP contribution < -0.4 is 9.44 Å². The minimum atomic E-state index is -1.09. The summed E-state index contributed by atoms with van der Waals surface area (Å²) in [6.07, 6.45) is 9.87. The number of aromatic nitrogens is 4. The summed E-state index contributed by atoms with van der Waals surface area (Å²) in [5.74, 6) is 0. The van der Waals surface area contributed by atoms with Gasteiger partial charge in [-0.3, -0.25) is 19.9 Å². The molecule has 2 rings (SSSR count). The van der Waals surface area contributed by atoms with Crippen LogP contribution >= 0.6 is 0 Å². The minimum absolute atomic E-state index is 0.0567. The summed E-state index contributed by atoms with van der Waals surface area (Å²) >= 11 is 0. The van der Waals surface area contributed by atoms with Crippen LogP contribution in [-0.4, -0.2) is 37.8 Å². The normalized spacial score (nSPS) is 16.0. The molecule has 10 heteroatoms. The lowest BCUT2D eigenvalue weighted by Gasteiger charge is -2.21. The van der Waals surface area contributed by atoms with Crippen molar-refractivity contribution >= 4 is 22.0 Å². The van der Waals surface area contributed by atoms with Gasteiger partial charge in [-0.25, -0.2) is 17.9 Å². The highest BCUT2D eigenvalue weighted by atomic mass is 32.2. The molecule has 2 heterocycles. The molecule has 168 valence electrons. The summed E-state index contributed by atoms with van der Waals surface area (Å²) in [7, 11) is -2.17. The average Bonchev–Trinajstić information content (AvgIpc) is 2.68. The second-order valence-electron chi connectivity index (χ2n) is 8.70. The van der Waals surface area contributed by atoms with E-state index in [1.54, 1.807) is 37.2 Å². The maximum absolute atomic E-state index is 11.8. The lowest BCUT2D eigenvalue weighted by molar-refractivity contribution is 0.610. The van der Waals surface area contributed by atoms with Gasteiger partial charge in [0.05, 0.1) is 54.9 Å². The van der Waals surface area contributed by atoms with Crippen molar-refractivity contribution in [3.63, 3.8) is 0 Å². The zero-order valence-corrected chi connectivity index (χ0v) is 20.7. The molecule has 0 aliphatic carbocycles. The predicted octanol–water partition coefficient (Wildman–Crippen LogP) is 3.18. The number of nitrogens with one attached hydrogen (secondary N) is 2. The Kier molecular flexibility index (Phi) is 10.3. The molecule has 30 heavy (non-hydrogen) atoms. The molecule has 0 radical (unpaired) electrons. The second-order valence-corrected chi connectivity index (χ2v) is 12.7. The van der Waals surface area contributed by atoms with Gasteiger partial charge in [0.2, 0.25) is 0 Å². The van der Waals surface area contributed by atoms with Gasteiger partial charge in [-0.2, -0.15) is 0 Å². The highest BCUT2D eigenvalue weighted by molar-refractivity contribution is 7.84. The van der Waals surface area contributed by atoms with Gasteiger partial charge in [0, 0.05) is 37.2 Å². The molecule has 2 aromatic heterocycles.